The molecule has 0 aliphatic rings. The predicted molar refractivity (Wildman–Crippen MR) is 33.2 cm³/mol. The van der Waals surface area contributed by atoms with Crippen LogP contribution in [0.2, 0.25) is 0 Å². The zero-order valence-electron chi connectivity index (χ0n) is 5.02. The van der Waals surface area contributed by atoms with E-state index in [9.17, 15) is 4.79 Å². The van der Waals surface area contributed by atoms with Gasteiger partial charge in [0.2, 0.25) is 0 Å². The van der Waals surface area contributed by atoms with Crippen LogP contribution in [0.3, 0.4) is 0 Å². The van der Waals surface area contributed by atoms with Gasteiger partial charge in [-0.25, -0.2) is 4.79 Å². The average Bonchev–Trinajstić information content (AvgIpc) is 2.34. The summed E-state index contributed by atoms with van der Waals surface area (Å²) in [5.74, 6) is -0.985. The van der Waals surface area contributed by atoms with Gasteiger partial charge in [-0.3, -0.25) is 0 Å². The number of hydrogen-bond acceptors (Lipinski definition) is 3. The van der Waals surface area contributed by atoms with Gasteiger partial charge in [0.1, 0.15) is 6.26 Å². The molecule has 0 saturated heterocycles. The number of nitrogens with zero attached hydrogens (tertiary/aromatic N) is 1. The molecule has 1 rings (SSSR count). The lowest BCUT2D eigenvalue weighted by Crippen LogP contribution is -1.84. The van der Waals surface area contributed by atoms with Gasteiger partial charge in [-0.05, 0) is 6.08 Å². The van der Waals surface area contributed by atoms with E-state index in [-0.39, 0.29) is 0 Å². The van der Waals surface area contributed by atoms with Gasteiger partial charge < -0.3 is 9.63 Å². The van der Waals surface area contributed by atoms with E-state index in [0.717, 1.165) is 6.08 Å². The van der Waals surface area contributed by atoms with E-state index >= 15 is 0 Å². The lowest BCUT2D eigenvalue weighted by Gasteiger charge is -1.76. The van der Waals surface area contributed by atoms with Crippen molar-refractivity contribution in [2.45, 2.75) is 0 Å². The lowest BCUT2D eigenvalue weighted by molar-refractivity contribution is -0.131. The van der Waals surface area contributed by atoms with E-state index in [1.165, 1.54) is 18.5 Å². The Morgan fingerprint density at radius 2 is 2.60 bits per heavy atom. The van der Waals surface area contributed by atoms with Crippen LogP contribution < -0.4 is 0 Å². The third-order valence-corrected chi connectivity index (χ3v) is 0.870. The van der Waals surface area contributed by atoms with E-state index in [4.69, 9.17) is 5.11 Å². The Kier molecular flexibility index (Phi) is 1.84. The molecular formula is C6H5NO3. The van der Waals surface area contributed by atoms with Crippen molar-refractivity contribution in [2.75, 3.05) is 0 Å². The predicted octanol–water partition coefficient (Wildman–Crippen LogP) is 0.772. The molecule has 0 atom stereocenters. The van der Waals surface area contributed by atoms with Crippen LogP contribution in [-0.4, -0.2) is 16.2 Å². The second-order valence-corrected chi connectivity index (χ2v) is 1.63. The largest absolute Gasteiger partial charge is 0.478 e. The van der Waals surface area contributed by atoms with Crippen molar-refractivity contribution < 1.29 is 14.4 Å². The summed E-state index contributed by atoms with van der Waals surface area (Å²) in [6.45, 7) is 0. The van der Waals surface area contributed by atoms with Crippen LogP contribution in [0.4, 0.5) is 0 Å². The van der Waals surface area contributed by atoms with Gasteiger partial charge in [-0.1, -0.05) is 5.16 Å². The maximum Gasteiger partial charge on any atom is 0.328 e. The molecule has 0 aliphatic carbocycles. The van der Waals surface area contributed by atoms with E-state index in [1.807, 2.05) is 0 Å². The molecule has 1 N–H and O–H groups in total. The third-order valence-electron chi connectivity index (χ3n) is 0.870. The Balaban J connectivity index is 2.64. The molecular weight excluding hydrogens is 134 g/mol. The molecule has 4 heteroatoms. The molecule has 1 heterocycles. The number of carbonyl (C=O) groups is 1. The molecule has 1 aromatic heterocycles. The fourth-order valence-electron chi connectivity index (χ4n) is 0.463. The number of carboxylic acid groups (broad SMARTS) is 1. The molecule has 0 aromatic carbocycles. The Morgan fingerprint density at radius 3 is 3.10 bits per heavy atom. The van der Waals surface area contributed by atoms with Gasteiger partial charge in [0.25, 0.3) is 0 Å². The fraction of sp³-hybridized carbons (Fsp3) is 0. The molecule has 0 saturated carbocycles. The van der Waals surface area contributed by atoms with Gasteiger partial charge in [0, 0.05) is 11.6 Å². The van der Waals surface area contributed by atoms with Gasteiger partial charge in [-0.2, -0.15) is 0 Å². The van der Waals surface area contributed by atoms with Crippen LogP contribution >= 0.6 is 0 Å². The number of aliphatic carboxylic acids is 1. The molecule has 0 radical (unpaired) electrons. The minimum Gasteiger partial charge on any atom is -0.478 e. The van der Waals surface area contributed by atoms with Crippen molar-refractivity contribution in [2.24, 2.45) is 0 Å². The van der Waals surface area contributed by atoms with Gasteiger partial charge in [0.05, 0.1) is 6.20 Å². The normalized spacial score (nSPS) is 10.4. The maximum absolute atomic E-state index is 9.96. The third kappa shape index (κ3) is 1.74. The molecule has 52 valence electrons. The van der Waals surface area contributed by atoms with Gasteiger partial charge in [-0.15, -0.1) is 0 Å². The summed E-state index contributed by atoms with van der Waals surface area (Å²) in [6, 6.07) is 0. The number of carboxylic acids is 1. The van der Waals surface area contributed by atoms with Crippen LogP contribution in [0.15, 0.2) is 23.1 Å². The second kappa shape index (κ2) is 2.82. The number of hydrogen-bond donors (Lipinski definition) is 1. The Morgan fingerprint density at radius 1 is 1.80 bits per heavy atom. The monoisotopic (exact) mass is 139 g/mol. The molecule has 0 unspecified atom stereocenters. The zero-order valence-corrected chi connectivity index (χ0v) is 5.02. The minimum absolute atomic E-state index is 0.641. The Labute approximate surface area is 56.8 Å². The first-order valence-corrected chi connectivity index (χ1v) is 2.59. The number of rotatable bonds is 2. The molecule has 4 nitrogen and oxygen atoms in total. The van der Waals surface area contributed by atoms with Crippen molar-refractivity contribution >= 4 is 12.0 Å². The van der Waals surface area contributed by atoms with E-state index in [1.54, 1.807) is 0 Å². The van der Waals surface area contributed by atoms with Crippen molar-refractivity contribution in [1.82, 2.24) is 5.16 Å². The topological polar surface area (TPSA) is 63.3 Å². The molecule has 0 spiro atoms. The van der Waals surface area contributed by atoms with E-state index in [0.29, 0.717) is 5.56 Å². The maximum atomic E-state index is 9.96. The highest BCUT2D eigenvalue weighted by Gasteiger charge is 1.89. The first kappa shape index (κ1) is 6.54. The zero-order chi connectivity index (χ0) is 7.40. The van der Waals surface area contributed by atoms with Crippen LogP contribution in [0.25, 0.3) is 6.08 Å². The molecule has 0 aliphatic heterocycles. The standard InChI is InChI=1S/C6H5NO3/c8-6(9)2-1-5-3-7-10-4-5/h1-4H,(H,8,9). The first-order valence-electron chi connectivity index (χ1n) is 2.59. The fourth-order valence-corrected chi connectivity index (χ4v) is 0.463. The summed E-state index contributed by atoms with van der Waals surface area (Å²) in [5, 5.41) is 11.6. The summed E-state index contributed by atoms with van der Waals surface area (Å²) in [7, 11) is 0. The molecule has 1 aromatic rings. The van der Waals surface area contributed by atoms with Crippen molar-refractivity contribution in [1.29, 1.82) is 0 Å². The highest BCUT2D eigenvalue weighted by atomic mass is 16.5. The second-order valence-electron chi connectivity index (χ2n) is 1.63. The van der Waals surface area contributed by atoms with Crippen molar-refractivity contribution in [3.63, 3.8) is 0 Å². The summed E-state index contributed by atoms with van der Waals surface area (Å²) in [6.07, 6.45) is 5.21. The molecule has 10 heavy (non-hydrogen) atoms. The minimum atomic E-state index is -0.985. The quantitative estimate of drug-likeness (QED) is 0.614. The van der Waals surface area contributed by atoms with Crippen LogP contribution in [0.5, 0.6) is 0 Å². The van der Waals surface area contributed by atoms with E-state index < -0.39 is 5.97 Å². The summed E-state index contributed by atoms with van der Waals surface area (Å²) in [4.78, 5) is 9.96. The van der Waals surface area contributed by atoms with Gasteiger partial charge in [0.15, 0.2) is 0 Å². The van der Waals surface area contributed by atoms with Crippen LogP contribution in [0.1, 0.15) is 5.56 Å². The SMILES string of the molecule is O=C(O)C=Cc1cnoc1. The summed E-state index contributed by atoms with van der Waals surface area (Å²) < 4.78 is 4.45. The summed E-state index contributed by atoms with van der Waals surface area (Å²) in [5.41, 5.74) is 0.641. The van der Waals surface area contributed by atoms with E-state index in [2.05, 4.69) is 9.68 Å². The molecule has 0 bridgehead atoms. The van der Waals surface area contributed by atoms with Crippen molar-refractivity contribution in [3.8, 4) is 0 Å². The molecule has 0 fully saturated rings. The smallest absolute Gasteiger partial charge is 0.328 e. The molecule has 0 amide bonds. The number of aromatic nitrogens is 1. The summed E-state index contributed by atoms with van der Waals surface area (Å²) >= 11 is 0. The van der Waals surface area contributed by atoms with Crippen LogP contribution in [0, 0.1) is 0 Å². The Bertz CT molecular complexity index is 238. The average molecular weight is 139 g/mol. The highest BCUT2D eigenvalue weighted by Crippen LogP contribution is 1.98. The van der Waals surface area contributed by atoms with Crippen molar-refractivity contribution in [3.05, 3.63) is 24.1 Å². The van der Waals surface area contributed by atoms with Gasteiger partial charge >= 0.3 is 5.97 Å². The lowest BCUT2D eigenvalue weighted by atomic mass is 10.3. The van der Waals surface area contributed by atoms with Crippen LogP contribution in [-0.2, 0) is 4.79 Å². The Hall–Kier alpha value is -1.58. The first-order chi connectivity index (χ1) is 4.79. The highest BCUT2D eigenvalue weighted by molar-refractivity contribution is 5.85.